The lowest BCUT2D eigenvalue weighted by Gasteiger charge is -2.16. The Bertz CT molecular complexity index is 987. The number of anilines is 1. The van der Waals surface area contributed by atoms with Gasteiger partial charge in [0.1, 0.15) is 6.07 Å². The van der Waals surface area contributed by atoms with E-state index in [9.17, 15) is 19.6 Å². The molecular weight excluding hydrogens is 378 g/mol. The molecule has 1 heterocycles. The fraction of sp³-hybridized carbons (Fsp3) is 0.300. The number of aryl methyl sites for hydroxylation is 3. The van der Waals surface area contributed by atoms with Gasteiger partial charge >= 0.3 is 5.97 Å². The number of H-pyrrole nitrogens is 1. The van der Waals surface area contributed by atoms with Crippen molar-refractivity contribution in [3.63, 3.8) is 0 Å². The number of esters is 1. The number of para-hydroxylation sites is 1. The number of aromatic amines is 1. The second-order valence-corrected chi connectivity index (χ2v) is 7.29. The summed E-state index contributed by atoms with van der Waals surface area (Å²) in [5.74, 6) is -1.20. The second kappa shape index (κ2) is 9.24. The molecule has 0 radical (unpaired) electrons. The van der Waals surface area contributed by atoms with Crippen molar-refractivity contribution in [2.45, 2.75) is 38.8 Å². The van der Waals surface area contributed by atoms with Crippen LogP contribution >= 0.6 is 11.8 Å². The normalized spacial score (nSPS) is 11.4. The molecule has 0 unspecified atom stereocenters. The molecule has 0 saturated heterocycles. The fourth-order valence-corrected chi connectivity index (χ4v) is 3.41. The number of carbonyl (C=O) groups excluding carboxylic acids is 2. The van der Waals surface area contributed by atoms with E-state index in [-0.39, 0.29) is 11.3 Å². The number of carbonyl (C=O) groups is 2. The van der Waals surface area contributed by atoms with Crippen molar-refractivity contribution in [2.24, 2.45) is 0 Å². The van der Waals surface area contributed by atoms with Crippen LogP contribution in [0.4, 0.5) is 5.69 Å². The summed E-state index contributed by atoms with van der Waals surface area (Å²) in [5.41, 5.74) is 3.00. The first-order valence-corrected chi connectivity index (χ1v) is 9.55. The van der Waals surface area contributed by atoms with Crippen LogP contribution < -0.4 is 10.9 Å². The quantitative estimate of drug-likeness (QED) is 0.571. The summed E-state index contributed by atoms with van der Waals surface area (Å²) < 4.78 is 5.17. The van der Waals surface area contributed by atoms with E-state index in [4.69, 9.17) is 4.74 Å². The summed E-state index contributed by atoms with van der Waals surface area (Å²) >= 11 is 0.986. The number of benzene rings is 1. The van der Waals surface area contributed by atoms with Crippen LogP contribution in [-0.4, -0.2) is 28.7 Å². The first kappa shape index (κ1) is 21.3. The zero-order valence-electron chi connectivity index (χ0n) is 16.1. The highest BCUT2D eigenvalue weighted by molar-refractivity contribution is 7.99. The molecule has 28 heavy (non-hydrogen) atoms. The Morgan fingerprint density at radius 1 is 1.25 bits per heavy atom. The van der Waals surface area contributed by atoms with Crippen LogP contribution in [-0.2, 0) is 14.3 Å². The minimum atomic E-state index is -0.987. The van der Waals surface area contributed by atoms with Gasteiger partial charge in [-0.1, -0.05) is 30.0 Å². The molecule has 1 amide bonds. The number of hydrogen-bond acceptors (Lipinski definition) is 6. The van der Waals surface area contributed by atoms with E-state index >= 15 is 0 Å². The van der Waals surface area contributed by atoms with Crippen LogP contribution in [0, 0.1) is 32.1 Å². The number of amides is 1. The maximum Gasteiger partial charge on any atom is 0.317 e. The standard InChI is InChI=1S/C20H21N3O4S/c1-11-6-5-7-12(2)18(11)23-19(26)14(4)27-17(25)10-28-20-15(9-21)13(3)8-16(24)22-20/h5-8,14H,10H2,1-4H3,(H,22,24)(H,23,26)/t14-/m0/s1. The van der Waals surface area contributed by atoms with Crippen LogP contribution in [0.1, 0.15) is 29.2 Å². The largest absolute Gasteiger partial charge is 0.452 e. The molecule has 0 bridgehead atoms. The number of nitriles is 1. The third-order valence-corrected chi connectivity index (χ3v) is 5.03. The predicted octanol–water partition coefficient (Wildman–Crippen LogP) is 2.83. The van der Waals surface area contributed by atoms with Gasteiger partial charge in [0.25, 0.3) is 5.91 Å². The highest BCUT2D eigenvalue weighted by atomic mass is 32.2. The monoisotopic (exact) mass is 399 g/mol. The van der Waals surface area contributed by atoms with Gasteiger partial charge in [0, 0.05) is 11.8 Å². The van der Waals surface area contributed by atoms with E-state index in [2.05, 4.69) is 10.3 Å². The van der Waals surface area contributed by atoms with Gasteiger partial charge < -0.3 is 15.0 Å². The second-order valence-electron chi connectivity index (χ2n) is 6.31. The molecular formula is C20H21N3O4S. The number of pyridine rings is 1. The molecule has 7 nitrogen and oxygen atoms in total. The van der Waals surface area contributed by atoms with Crippen LogP contribution in [0.25, 0.3) is 0 Å². The zero-order chi connectivity index (χ0) is 20.8. The molecule has 0 aliphatic rings. The average Bonchev–Trinajstić information content (AvgIpc) is 2.62. The number of ether oxygens (including phenoxy) is 1. The topological polar surface area (TPSA) is 112 Å². The number of nitrogens with one attached hydrogen (secondary N) is 2. The Morgan fingerprint density at radius 3 is 2.50 bits per heavy atom. The summed E-state index contributed by atoms with van der Waals surface area (Å²) in [5, 5.41) is 12.3. The van der Waals surface area contributed by atoms with Gasteiger partial charge in [-0.25, -0.2) is 0 Å². The van der Waals surface area contributed by atoms with E-state index in [0.29, 0.717) is 21.8 Å². The van der Waals surface area contributed by atoms with Crippen LogP contribution in [0.5, 0.6) is 0 Å². The smallest absolute Gasteiger partial charge is 0.317 e. The Hall–Kier alpha value is -3.05. The van der Waals surface area contributed by atoms with Crippen molar-refractivity contribution in [3.8, 4) is 6.07 Å². The molecule has 2 N–H and O–H groups in total. The highest BCUT2D eigenvalue weighted by Gasteiger charge is 2.20. The number of rotatable bonds is 6. The number of nitrogens with zero attached hydrogens (tertiary/aromatic N) is 1. The number of hydrogen-bond donors (Lipinski definition) is 2. The molecule has 2 rings (SSSR count). The molecule has 8 heteroatoms. The van der Waals surface area contributed by atoms with Gasteiger partial charge in [-0.3, -0.25) is 14.4 Å². The van der Waals surface area contributed by atoms with E-state index in [1.54, 1.807) is 6.92 Å². The summed E-state index contributed by atoms with van der Waals surface area (Å²) in [6.07, 6.45) is -0.987. The SMILES string of the molecule is Cc1cc(=O)[nH]c(SCC(=O)O[C@@H](C)C(=O)Nc2c(C)cccc2C)c1C#N. The van der Waals surface area contributed by atoms with Gasteiger partial charge in [0.2, 0.25) is 5.56 Å². The van der Waals surface area contributed by atoms with Crippen molar-refractivity contribution in [1.29, 1.82) is 5.26 Å². The minimum absolute atomic E-state index is 0.144. The van der Waals surface area contributed by atoms with Crippen LogP contribution in [0.3, 0.4) is 0 Å². The maximum atomic E-state index is 12.3. The maximum absolute atomic E-state index is 12.3. The van der Waals surface area contributed by atoms with Crippen molar-refractivity contribution < 1.29 is 14.3 Å². The third kappa shape index (κ3) is 5.24. The lowest BCUT2D eigenvalue weighted by Crippen LogP contribution is -2.31. The number of aromatic nitrogens is 1. The Balaban J connectivity index is 1.97. The molecule has 0 aliphatic carbocycles. The van der Waals surface area contributed by atoms with Crippen molar-refractivity contribution >= 4 is 29.3 Å². The summed E-state index contributed by atoms with van der Waals surface area (Å²) in [6.45, 7) is 6.90. The molecule has 2 aromatic rings. The molecule has 0 aliphatic heterocycles. The highest BCUT2D eigenvalue weighted by Crippen LogP contribution is 2.22. The van der Waals surface area contributed by atoms with Gasteiger partial charge in [-0.15, -0.1) is 0 Å². The first-order valence-electron chi connectivity index (χ1n) is 8.56. The molecule has 1 aromatic carbocycles. The average molecular weight is 399 g/mol. The summed E-state index contributed by atoms with van der Waals surface area (Å²) in [6, 6.07) is 8.98. The predicted molar refractivity (Wildman–Crippen MR) is 107 cm³/mol. The van der Waals surface area contributed by atoms with E-state index in [1.807, 2.05) is 38.1 Å². The lowest BCUT2D eigenvalue weighted by atomic mass is 10.1. The van der Waals surface area contributed by atoms with Crippen LogP contribution in [0.15, 0.2) is 34.1 Å². The number of thioether (sulfide) groups is 1. The lowest BCUT2D eigenvalue weighted by molar-refractivity contribution is -0.150. The van der Waals surface area contributed by atoms with Gasteiger partial charge in [-0.2, -0.15) is 5.26 Å². The fourth-order valence-electron chi connectivity index (χ4n) is 2.56. The zero-order valence-corrected chi connectivity index (χ0v) is 16.9. The van der Waals surface area contributed by atoms with Crippen LogP contribution in [0.2, 0.25) is 0 Å². The van der Waals surface area contributed by atoms with Crippen molar-refractivity contribution in [1.82, 2.24) is 4.98 Å². The van der Waals surface area contributed by atoms with Crippen molar-refractivity contribution in [3.05, 3.63) is 56.9 Å². The summed E-state index contributed by atoms with van der Waals surface area (Å²) in [7, 11) is 0. The van der Waals surface area contributed by atoms with Gasteiger partial charge in [0.15, 0.2) is 6.10 Å². The van der Waals surface area contributed by atoms with Gasteiger partial charge in [0.05, 0.1) is 16.3 Å². The molecule has 1 atom stereocenters. The summed E-state index contributed by atoms with van der Waals surface area (Å²) in [4.78, 5) is 38.5. The molecule has 0 spiro atoms. The van der Waals surface area contributed by atoms with E-state index < -0.39 is 18.0 Å². The Morgan fingerprint density at radius 2 is 1.89 bits per heavy atom. The minimum Gasteiger partial charge on any atom is -0.452 e. The molecule has 146 valence electrons. The van der Waals surface area contributed by atoms with E-state index in [1.165, 1.54) is 13.0 Å². The van der Waals surface area contributed by atoms with Crippen molar-refractivity contribution in [2.75, 3.05) is 11.1 Å². The Kier molecular flexibility index (Phi) is 7.01. The molecule has 1 aromatic heterocycles. The van der Waals surface area contributed by atoms with E-state index in [0.717, 1.165) is 22.9 Å². The van der Waals surface area contributed by atoms with Gasteiger partial charge in [-0.05, 0) is 44.4 Å². The molecule has 0 fully saturated rings. The Labute approximate surface area is 167 Å². The third-order valence-electron chi connectivity index (χ3n) is 4.06. The first-order chi connectivity index (χ1) is 13.2. The molecule has 0 saturated carbocycles.